The van der Waals surface area contributed by atoms with Crippen LogP contribution < -0.4 is 19.6 Å². The summed E-state index contributed by atoms with van der Waals surface area (Å²) in [7, 11) is 0. The second kappa shape index (κ2) is 10.2. The number of hydrogen-bond acceptors (Lipinski definition) is 6. The van der Waals surface area contributed by atoms with Crippen LogP contribution in [0.5, 0.6) is 23.0 Å². The molecule has 1 aromatic heterocycles. The molecule has 0 unspecified atom stereocenters. The molecule has 0 atom stereocenters. The van der Waals surface area contributed by atoms with Crippen LogP contribution in [0.3, 0.4) is 0 Å². The normalized spacial score (nSPS) is 14.1. The third-order valence-corrected chi connectivity index (χ3v) is 5.40. The van der Waals surface area contributed by atoms with E-state index in [1.54, 1.807) is 36.4 Å². The molecular formula is C25H27NO6. The molecule has 0 aliphatic carbocycles. The number of nitrogens with zero attached hydrogens (tertiary/aromatic N) is 1. The molecule has 168 valence electrons. The lowest BCUT2D eigenvalue weighted by Gasteiger charge is -2.20. The van der Waals surface area contributed by atoms with Gasteiger partial charge in [0, 0.05) is 19.2 Å². The Bertz CT molecular complexity index is 1130. The number of hydrogen-bond donors (Lipinski definition) is 0. The van der Waals surface area contributed by atoms with Gasteiger partial charge in [-0.3, -0.25) is 9.59 Å². The monoisotopic (exact) mass is 437 g/mol. The number of para-hydroxylation sites is 2. The summed E-state index contributed by atoms with van der Waals surface area (Å²) >= 11 is 0. The van der Waals surface area contributed by atoms with Crippen molar-refractivity contribution in [3.05, 3.63) is 59.0 Å². The van der Waals surface area contributed by atoms with Crippen molar-refractivity contribution in [1.82, 2.24) is 4.90 Å². The van der Waals surface area contributed by atoms with Crippen molar-refractivity contribution in [2.45, 2.75) is 32.6 Å². The molecular weight excluding hydrogens is 410 g/mol. The first-order valence-electron chi connectivity index (χ1n) is 11.0. The number of amides is 1. The van der Waals surface area contributed by atoms with Gasteiger partial charge in [0.15, 0.2) is 18.1 Å². The van der Waals surface area contributed by atoms with Gasteiger partial charge in [-0.2, -0.15) is 0 Å². The van der Waals surface area contributed by atoms with Crippen LogP contribution in [0.2, 0.25) is 0 Å². The van der Waals surface area contributed by atoms with Gasteiger partial charge in [-0.1, -0.05) is 25.0 Å². The molecule has 7 heteroatoms. The first-order valence-corrected chi connectivity index (χ1v) is 11.0. The van der Waals surface area contributed by atoms with Crippen molar-refractivity contribution >= 4 is 16.9 Å². The number of carbonyl (C=O) groups is 1. The van der Waals surface area contributed by atoms with Gasteiger partial charge < -0.3 is 23.5 Å². The summed E-state index contributed by atoms with van der Waals surface area (Å²) in [6.07, 6.45) is 5.67. The van der Waals surface area contributed by atoms with Crippen molar-refractivity contribution < 1.29 is 23.4 Å². The fraction of sp³-hybridized carbons (Fsp3) is 0.360. The van der Waals surface area contributed by atoms with E-state index in [1.807, 2.05) is 17.9 Å². The lowest BCUT2D eigenvalue weighted by atomic mass is 10.2. The Hall–Kier alpha value is -3.48. The van der Waals surface area contributed by atoms with Gasteiger partial charge in [-0.15, -0.1) is 0 Å². The van der Waals surface area contributed by atoms with Gasteiger partial charge in [-0.25, -0.2) is 0 Å². The van der Waals surface area contributed by atoms with E-state index in [-0.39, 0.29) is 23.7 Å². The Morgan fingerprint density at radius 3 is 2.47 bits per heavy atom. The van der Waals surface area contributed by atoms with Gasteiger partial charge in [0.1, 0.15) is 17.6 Å². The first kappa shape index (κ1) is 21.7. The summed E-state index contributed by atoms with van der Waals surface area (Å²) in [5.74, 6) is 1.50. The number of ether oxygens (including phenoxy) is 3. The minimum Gasteiger partial charge on any atom is -0.490 e. The summed E-state index contributed by atoms with van der Waals surface area (Å²) in [4.78, 5) is 27.2. The maximum atomic E-state index is 12.9. The number of carbonyl (C=O) groups excluding carboxylic acids is 1. The van der Waals surface area contributed by atoms with Crippen LogP contribution in [0.1, 0.15) is 32.6 Å². The predicted molar refractivity (Wildman–Crippen MR) is 121 cm³/mol. The Labute approximate surface area is 186 Å². The van der Waals surface area contributed by atoms with E-state index in [4.69, 9.17) is 18.6 Å². The van der Waals surface area contributed by atoms with E-state index < -0.39 is 0 Å². The highest BCUT2D eigenvalue weighted by Crippen LogP contribution is 2.31. The summed E-state index contributed by atoms with van der Waals surface area (Å²) in [6.45, 7) is 3.89. The Morgan fingerprint density at radius 2 is 1.72 bits per heavy atom. The molecule has 0 N–H and O–H groups in total. The first-order chi connectivity index (χ1) is 15.7. The minimum atomic E-state index is -0.301. The van der Waals surface area contributed by atoms with Crippen molar-refractivity contribution in [2.24, 2.45) is 0 Å². The molecule has 1 amide bonds. The van der Waals surface area contributed by atoms with Gasteiger partial charge in [0.2, 0.25) is 11.2 Å². The standard InChI is InChI=1S/C25H27NO6/c1-2-29-20-9-5-6-10-21(20)32-23-16-31-22-15-18(11-12-19(22)25(23)28)30-17-24(27)26-13-7-3-4-8-14-26/h5-6,9-12,15-16H,2-4,7-8,13-14,17H2,1H3. The van der Waals surface area contributed by atoms with Crippen molar-refractivity contribution in [2.75, 3.05) is 26.3 Å². The van der Waals surface area contributed by atoms with Crippen molar-refractivity contribution in [1.29, 1.82) is 0 Å². The smallest absolute Gasteiger partial charge is 0.260 e. The number of fused-ring (bicyclic) bond motifs is 1. The lowest BCUT2D eigenvalue weighted by molar-refractivity contribution is -0.133. The summed E-state index contributed by atoms with van der Waals surface area (Å²) in [5, 5.41) is 0.364. The van der Waals surface area contributed by atoms with Crippen LogP contribution in [0, 0.1) is 0 Å². The van der Waals surface area contributed by atoms with E-state index in [1.165, 1.54) is 6.26 Å². The zero-order valence-corrected chi connectivity index (χ0v) is 18.2. The molecule has 1 fully saturated rings. The Morgan fingerprint density at radius 1 is 0.969 bits per heavy atom. The molecule has 0 saturated carbocycles. The molecule has 1 aliphatic heterocycles. The number of rotatable bonds is 7. The lowest BCUT2D eigenvalue weighted by Crippen LogP contribution is -2.35. The molecule has 32 heavy (non-hydrogen) atoms. The largest absolute Gasteiger partial charge is 0.490 e. The summed E-state index contributed by atoms with van der Waals surface area (Å²) in [5.41, 5.74) is 0.0601. The van der Waals surface area contributed by atoms with E-state index in [0.717, 1.165) is 38.8 Å². The van der Waals surface area contributed by atoms with Crippen LogP contribution >= 0.6 is 0 Å². The molecule has 0 bridgehead atoms. The fourth-order valence-electron chi connectivity index (χ4n) is 3.74. The maximum absolute atomic E-state index is 12.9. The Balaban J connectivity index is 1.47. The highest BCUT2D eigenvalue weighted by Gasteiger charge is 2.17. The number of benzene rings is 2. The highest BCUT2D eigenvalue weighted by atomic mass is 16.5. The quantitative estimate of drug-likeness (QED) is 0.530. The van der Waals surface area contributed by atoms with Crippen LogP contribution in [0.15, 0.2) is 57.9 Å². The topological polar surface area (TPSA) is 78.2 Å². The van der Waals surface area contributed by atoms with E-state index in [9.17, 15) is 9.59 Å². The molecule has 1 saturated heterocycles. The second-order valence-corrected chi connectivity index (χ2v) is 7.65. The maximum Gasteiger partial charge on any atom is 0.260 e. The van der Waals surface area contributed by atoms with E-state index in [0.29, 0.717) is 34.8 Å². The van der Waals surface area contributed by atoms with Crippen LogP contribution in [-0.4, -0.2) is 37.1 Å². The third-order valence-electron chi connectivity index (χ3n) is 5.40. The average Bonchev–Trinajstić information content (AvgIpc) is 3.10. The molecule has 2 aromatic carbocycles. The molecule has 7 nitrogen and oxygen atoms in total. The molecule has 2 heterocycles. The zero-order chi connectivity index (χ0) is 22.3. The molecule has 0 spiro atoms. The van der Waals surface area contributed by atoms with Crippen LogP contribution in [0.4, 0.5) is 0 Å². The molecule has 0 radical (unpaired) electrons. The second-order valence-electron chi connectivity index (χ2n) is 7.65. The van der Waals surface area contributed by atoms with Crippen LogP contribution in [0.25, 0.3) is 11.0 Å². The fourth-order valence-corrected chi connectivity index (χ4v) is 3.74. The summed E-state index contributed by atoms with van der Waals surface area (Å²) in [6, 6.07) is 12.0. The number of likely N-dealkylation sites (tertiary alicyclic amines) is 1. The predicted octanol–water partition coefficient (Wildman–Crippen LogP) is 4.77. The SMILES string of the molecule is CCOc1ccccc1Oc1coc2cc(OCC(=O)N3CCCCCC3)ccc2c1=O. The van der Waals surface area contributed by atoms with Crippen LogP contribution in [-0.2, 0) is 4.79 Å². The van der Waals surface area contributed by atoms with Gasteiger partial charge in [0.05, 0.1) is 12.0 Å². The molecule has 4 rings (SSSR count). The van der Waals surface area contributed by atoms with E-state index in [2.05, 4.69) is 0 Å². The van der Waals surface area contributed by atoms with Gasteiger partial charge >= 0.3 is 0 Å². The van der Waals surface area contributed by atoms with E-state index >= 15 is 0 Å². The average molecular weight is 437 g/mol. The van der Waals surface area contributed by atoms with Crippen molar-refractivity contribution in [3.8, 4) is 23.0 Å². The van der Waals surface area contributed by atoms with Gasteiger partial charge in [0.25, 0.3) is 5.91 Å². The summed E-state index contributed by atoms with van der Waals surface area (Å²) < 4.78 is 22.6. The third kappa shape index (κ3) is 5.04. The zero-order valence-electron chi connectivity index (χ0n) is 18.2. The van der Waals surface area contributed by atoms with Crippen molar-refractivity contribution in [3.63, 3.8) is 0 Å². The Kier molecular flexibility index (Phi) is 6.94. The molecule has 1 aliphatic rings. The van der Waals surface area contributed by atoms with Gasteiger partial charge in [-0.05, 0) is 44.0 Å². The minimum absolute atomic E-state index is 0.0230. The molecule has 3 aromatic rings. The highest BCUT2D eigenvalue weighted by molar-refractivity contribution is 5.80.